The van der Waals surface area contributed by atoms with Crippen molar-refractivity contribution in [3.63, 3.8) is 0 Å². The van der Waals surface area contributed by atoms with Crippen LogP contribution in [0.2, 0.25) is 0 Å². The fourth-order valence-corrected chi connectivity index (χ4v) is 6.17. The number of phenolic OH excluding ortho intramolecular Hbond substituents is 4. The van der Waals surface area contributed by atoms with Crippen LogP contribution >= 0.6 is 0 Å². The van der Waals surface area contributed by atoms with E-state index in [9.17, 15) is 60.7 Å². The number of fused-ring (bicyclic) bond motifs is 1. The molecule has 1 aliphatic carbocycles. The maximum atomic E-state index is 12.5. The molecule has 0 spiro atoms. The summed E-state index contributed by atoms with van der Waals surface area (Å²) < 4.78 is 44.0. The molecule has 2 aromatic carbocycles. The van der Waals surface area contributed by atoms with Gasteiger partial charge in [-0.1, -0.05) is 0 Å². The lowest BCUT2D eigenvalue weighted by Gasteiger charge is -2.42. The van der Waals surface area contributed by atoms with Crippen LogP contribution in [0, 0.1) is 0 Å². The highest BCUT2D eigenvalue weighted by atomic mass is 16.7. The van der Waals surface area contributed by atoms with Crippen molar-refractivity contribution in [2.45, 2.75) is 61.4 Å². The Labute approximate surface area is 327 Å². The molecule has 10 N–H and O–H groups in total. The Hall–Kier alpha value is -5.68. The van der Waals surface area contributed by atoms with Crippen LogP contribution < -0.4 is 19.6 Å². The first-order chi connectivity index (χ1) is 27.6. The molecule has 0 amide bonds. The molecule has 0 radical (unpaired) electrons. The van der Waals surface area contributed by atoms with Gasteiger partial charge in [0, 0.05) is 23.8 Å². The topological polar surface area (TPSA) is 314 Å². The van der Waals surface area contributed by atoms with E-state index in [1.54, 1.807) is 0 Å². The van der Waals surface area contributed by atoms with Crippen molar-refractivity contribution in [2.24, 2.45) is 0 Å². The third kappa shape index (κ3) is 8.74. The Balaban J connectivity index is 1.14. The Morgan fingerprint density at radius 2 is 1.31 bits per heavy atom. The fourth-order valence-electron chi connectivity index (χ4n) is 6.17. The van der Waals surface area contributed by atoms with Gasteiger partial charge in [0.05, 0.1) is 26.4 Å². The van der Waals surface area contributed by atoms with Gasteiger partial charge in [-0.15, -0.1) is 0 Å². The van der Waals surface area contributed by atoms with Crippen LogP contribution in [0.1, 0.15) is 5.56 Å². The molecule has 2 aromatic rings. The van der Waals surface area contributed by atoms with Gasteiger partial charge >= 0.3 is 5.97 Å². The highest BCUT2D eigenvalue weighted by molar-refractivity contribution is 5.87. The molecule has 20 heteroatoms. The smallest absolute Gasteiger partial charge is 0.330 e. The predicted octanol–water partition coefficient (Wildman–Crippen LogP) is -0.482. The maximum Gasteiger partial charge on any atom is 0.330 e. The summed E-state index contributed by atoms with van der Waals surface area (Å²) in [5.41, 5.74) is -0.138. The monoisotopic (exact) mass is 816 g/mol. The lowest BCUT2D eigenvalue weighted by molar-refractivity contribution is -0.323. The van der Waals surface area contributed by atoms with Crippen molar-refractivity contribution in [3.8, 4) is 62.9 Å². The quantitative estimate of drug-likeness (QED) is 0.0490. The Kier molecular flexibility index (Phi) is 12.6. The van der Waals surface area contributed by atoms with Crippen molar-refractivity contribution >= 4 is 12.0 Å². The molecule has 0 saturated carbocycles. The van der Waals surface area contributed by atoms with Gasteiger partial charge in [-0.25, -0.2) is 4.79 Å². The molecule has 4 aliphatic rings. The summed E-state index contributed by atoms with van der Waals surface area (Å²) in [7, 11) is 2.65. The lowest BCUT2D eigenvalue weighted by Crippen LogP contribution is -2.62. The molecule has 6 rings (SSSR count). The second kappa shape index (κ2) is 17.4. The number of aromatic hydroxyl groups is 4. The summed E-state index contributed by atoms with van der Waals surface area (Å²) in [6.45, 7) is -1.33. The molecule has 0 unspecified atom stereocenters. The van der Waals surface area contributed by atoms with Crippen LogP contribution in [0.5, 0.6) is 40.2 Å². The zero-order valence-electron chi connectivity index (χ0n) is 30.5. The highest BCUT2D eigenvalue weighted by Crippen LogP contribution is 2.43. The lowest BCUT2D eigenvalue weighted by atomic mass is 9.98. The van der Waals surface area contributed by atoms with Gasteiger partial charge in [-0.3, -0.25) is 4.79 Å². The second-order valence-electron chi connectivity index (χ2n) is 13.2. The molecule has 0 bridgehead atoms. The van der Waals surface area contributed by atoms with Crippen molar-refractivity contribution in [3.05, 3.63) is 70.4 Å². The molecule has 0 aromatic heterocycles. The normalized spacial score (nSPS) is 27.4. The van der Waals surface area contributed by atoms with Crippen LogP contribution in [0.4, 0.5) is 0 Å². The molecular formula is C38H40O20. The van der Waals surface area contributed by atoms with E-state index in [1.165, 1.54) is 44.6 Å². The summed E-state index contributed by atoms with van der Waals surface area (Å²) in [5, 5.41) is 105. The van der Waals surface area contributed by atoms with Gasteiger partial charge in [0.2, 0.25) is 12.0 Å². The molecule has 2 fully saturated rings. The van der Waals surface area contributed by atoms with Gasteiger partial charge in [0.15, 0.2) is 46.2 Å². The second-order valence-corrected chi connectivity index (χ2v) is 13.2. The number of methoxy groups -OCH3 is 2. The molecule has 2 saturated heterocycles. The Bertz CT molecular complexity index is 2130. The van der Waals surface area contributed by atoms with Crippen molar-refractivity contribution < 1.29 is 93.4 Å². The van der Waals surface area contributed by atoms with E-state index in [1.807, 2.05) is 0 Å². The van der Waals surface area contributed by atoms with Gasteiger partial charge in [-0.2, -0.15) is 0 Å². The molecule has 3 heterocycles. The van der Waals surface area contributed by atoms with Crippen molar-refractivity contribution in [2.75, 3.05) is 27.4 Å². The zero-order valence-corrected chi connectivity index (χ0v) is 30.5. The first-order valence-electron chi connectivity index (χ1n) is 17.4. The van der Waals surface area contributed by atoms with Crippen LogP contribution in [0.25, 0.3) is 28.7 Å². The summed E-state index contributed by atoms with van der Waals surface area (Å²) in [4.78, 5) is 24.6. The van der Waals surface area contributed by atoms with E-state index in [2.05, 4.69) is 0 Å². The third-order valence-corrected chi connectivity index (χ3v) is 9.35. The van der Waals surface area contributed by atoms with Gasteiger partial charge in [0.1, 0.15) is 66.9 Å². The molecule has 312 valence electrons. The van der Waals surface area contributed by atoms with Crippen molar-refractivity contribution in [1.82, 2.24) is 0 Å². The van der Waals surface area contributed by atoms with Gasteiger partial charge < -0.3 is 88.6 Å². The summed E-state index contributed by atoms with van der Waals surface area (Å²) in [6, 6.07) is 9.59. The number of aliphatic hydroxyl groups excluding tert-OH is 6. The number of phenols is 4. The Morgan fingerprint density at radius 1 is 0.690 bits per heavy atom. The molecule has 3 aliphatic heterocycles. The van der Waals surface area contributed by atoms with Crippen LogP contribution in [-0.4, -0.2) is 146 Å². The highest BCUT2D eigenvalue weighted by Gasteiger charge is 2.48. The van der Waals surface area contributed by atoms with E-state index < -0.39 is 103 Å². The number of aliphatic hydroxyl groups is 6. The third-order valence-electron chi connectivity index (χ3n) is 9.35. The van der Waals surface area contributed by atoms with Crippen molar-refractivity contribution in [1.29, 1.82) is 0 Å². The van der Waals surface area contributed by atoms with E-state index in [0.29, 0.717) is 5.56 Å². The minimum Gasteiger partial charge on any atom is -0.507 e. The van der Waals surface area contributed by atoms with E-state index >= 15 is 0 Å². The number of hydrogen-bond acceptors (Lipinski definition) is 20. The average Bonchev–Trinajstić information content (AvgIpc) is 3.20. The largest absolute Gasteiger partial charge is 0.507 e. The number of rotatable bonds is 12. The first-order valence-corrected chi connectivity index (χ1v) is 17.4. The molecular weight excluding hydrogens is 776 g/mol. The Morgan fingerprint density at radius 3 is 1.95 bits per heavy atom. The molecule has 58 heavy (non-hydrogen) atoms. The number of carbonyl (C=O) groups excluding carboxylic acids is 1. The predicted molar refractivity (Wildman–Crippen MR) is 193 cm³/mol. The minimum atomic E-state index is -1.93. The minimum absolute atomic E-state index is 0.0220. The van der Waals surface area contributed by atoms with Crippen LogP contribution in [0.3, 0.4) is 0 Å². The first kappa shape index (κ1) is 41.9. The fraction of sp³-hybridized carbons (Fsp3) is 0.368. The summed E-state index contributed by atoms with van der Waals surface area (Å²) in [6.07, 6.45) is -15.4. The summed E-state index contributed by atoms with van der Waals surface area (Å²) >= 11 is 0. The SMILES string of the molecule is COc1cc(C=CC(=O)OC[C@H]2O[C@@H](OC[C@H]3O[C@@H](Oc4cc5c(O)cc(=O)cc-5oc4-c4ccc(O)c(O)c4)[C@H](O)[C@@H](O)[C@@H]3O)[C@H](O)[C@@H](O)[C@@H]2O)cc(OC)c1O. The average molecular weight is 817 g/mol. The summed E-state index contributed by atoms with van der Waals surface area (Å²) in [5.74, 6) is -3.09. The van der Waals surface area contributed by atoms with Gasteiger partial charge in [-0.05, 0) is 48.0 Å². The zero-order chi connectivity index (χ0) is 42.0. The van der Waals surface area contributed by atoms with E-state index in [-0.39, 0.29) is 45.6 Å². The number of esters is 1. The van der Waals surface area contributed by atoms with E-state index in [4.69, 9.17) is 37.6 Å². The number of hydrogen-bond donors (Lipinski definition) is 10. The number of carbonyl (C=O) groups is 1. The molecule has 20 nitrogen and oxygen atoms in total. The molecule has 10 atom stereocenters. The number of benzene rings is 3. The standard InChI is InChI=1S/C38H40O20/c1-51-23-7-15(8-24(52-2)29(23)44)3-6-28(43)53-13-26-30(45)32(47)34(49)37(57-26)54-14-27-31(46)33(48)35(50)38(58-27)56-25-12-18-20(41)10-17(39)11-22(18)55-36(25)16-4-5-19(40)21(42)9-16/h3-12,26-27,30-35,37-38,40-42,44-50H,13-14H2,1-2H3/t26-,27-,30-,31-,32+,33+,34-,35-,37-,38-/m1/s1. The number of ether oxygens (including phenoxy) is 7. The maximum absolute atomic E-state index is 12.5. The van der Waals surface area contributed by atoms with Crippen LogP contribution in [-0.2, 0) is 23.7 Å². The van der Waals surface area contributed by atoms with Crippen LogP contribution in [0.15, 0.2) is 63.8 Å². The van der Waals surface area contributed by atoms with Gasteiger partial charge in [0.25, 0.3) is 0 Å². The van der Waals surface area contributed by atoms with E-state index in [0.717, 1.165) is 30.3 Å².